The van der Waals surface area contributed by atoms with Gasteiger partial charge in [0.05, 0.1) is 0 Å². The summed E-state index contributed by atoms with van der Waals surface area (Å²) in [6.07, 6.45) is 2.02. The zero-order chi connectivity index (χ0) is 10.6. The van der Waals surface area contributed by atoms with Crippen molar-refractivity contribution in [3.8, 4) is 0 Å². The molecule has 0 fully saturated rings. The molecule has 0 heterocycles. The van der Waals surface area contributed by atoms with Crippen molar-refractivity contribution < 1.29 is 0 Å². The van der Waals surface area contributed by atoms with Crippen LogP contribution >= 0.6 is 23.2 Å². The van der Waals surface area contributed by atoms with Crippen molar-refractivity contribution in [3.05, 3.63) is 33.8 Å². The van der Waals surface area contributed by atoms with Crippen LogP contribution in [0.15, 0.2) is 18.2 Å². The summed E-state index contributed by atoms with van der Waals surface area (Å²) in [6, 6.07) is 5.60. The Balaban J connectivity index is 2.91. The fourth-order valence-electron chi connectivity index (χ4n) is 1.41. The Hall–Kier alpha value is -0.280. The summed E-state index contributed by atoms with van der Waals surface area (Å²) in [7, 11) is 0. The van der Waals surface area contributed by atoms with E-state index >= 15 is 0 Å². The molecular formula is C10H14Cl2N2. The van der Waals surface area contributed by atoms with Crippen LogP contribution in [0.3, 0.4) is 0 Å². The third-order valence-corrected chi connectivity index (χ3v) is 2.50. The normalized spacial score (nSPS) is 12.9. The molecule has 0 spiro atoms. The van der Waals surface area contributed by atoms with Crippen molar-refractivity contribution in [2.24, 2.45) is 5.84 Å². The van der Waals surface area contributed by atoms with Gasteiger partial charge in [-0.3, -0.25) is 11.3 Å². The van der Waals surface area contributed by atoms with Gasteiger partial charge in [-0.1, -0.05) is 36.5 Å². The lowest BCUT2D eigenvalue weighted by atomic mass is 10.0. The van der Waals surface area contributed by atoms with E-state index in [-0.39, 0.29) is 6.04 Å². The highest BCUT2D eigenvalue weighted by atomic mass is 35.5. The van der Waals surface area contributed by atoms with Crippen LogP contribution in [0.2, 0.25) is 10.0 Å². The highest BCUT2D eigenvalue weighted by Gasteiger charge is 2.09. The fourth-order valence-corrected chi connectivity index (χ4v) is 1.95. The maximum absolute atomic E-state index is 5.90. The predicted molar refractivity (Wildman–Crippen MR) is 61.4 cm³/mol. The minimum Gasteiger partial charge on any atom is -0.271 e. The molecule has 0 aliphatic heterocycles. The number of hydrogen-bond acceptors (Lipinski definition) is 2. The Morgan fingerprint density at radius 3 is 2.29 bits per heavy atom. The van der Waals surface area contributed by atoms with Gasteiger partial charge in [-0.15, -0.1) is 0 Å². The molecule has 78 valence electrons. The summed E-state index contributed by atoms with van der Waals surface area (Å²) in [6.45, 7) is 2.11. The first-order valence-corrected chi connectivity index (χ1v) is 5.35. The van der Waals surface area contributed by atoms with E-state index in [0.29, 0.717) is 10.0 Å². The van der Waals surface area contributed by atoms with Crippen molar-refractivity contribution in [2.45, 2.75) is 25.8 Å². The van der Waals surface area contributed by atoms with Crippen LogP contribution in [0.5, 0.6) is 0 Å². The molecule has 1 aromatic carbocycles. The SMILES string of the molecule is CCCC(NN)c1cc(Cl)cc(Cl)c1. The molecule has 2 nitrogen and oxygen atoms in total. The lowest BCUT2D eigenvalue weighted by molar-refractivity contribution is 0.510. The van der Waals surface area contributed by atoms with E-state index in [0.717, 1.165) is 18.4 Å². The fraction of sp³-hybridized carbons (Fsp3) is 0.400. The summed E-state index contributed by atoms with van der Waals surface area (Å²) < 4.78 is 0. The summed E-state index contributed by atoms with van der Waals surface area (Å²) >= 11 is 11.8. The third kappa shape index (κ3) is 3.14. The maximum Gasteiger partial charge on any atom is 0.0460 e. The van der Waals surface area contributed by atoms with Crippen LogP contribution in [-0.2, 0) is 0 Å². The quantitative estimate of drug-likeness (QED) is 0.618. The van der Waals surface area contributed by atoms with Gasteiger partial charge in [-0.2, -0.15) is 0 Å². The lowest BCUT2D eigenvalue weighted by Gasteiger charge is -2.15. The van der Waals surface area contributed by atoms with Gasteiger partial charge in [-0.25, -0.2) is 0 Å². The van der Waals surface area contributed by atoms with Crippen LogP contribution in [0.4, 0.5) is 0 Å². The molecule has 0 aliphatic carbocycles. The number of nitrogens with two attached hydrogens (primary N) is 1. The zero-order valence-corrected chi connectivity index (χ0v) is 9.57. The summed E-state index contributed by atoms with van der Waals surface area (Å²) in [5.74, 6) is 5.45. The van der Waals surface area contributed by atoms with Crippen molar-refractivity contribution in [2.75, 3.05) is 0 Å². The maximum atomic E-state index is 5.90. The van der Waals surface area contributed by atoms with E-state index in [1.165, 1.54) is 0 Å². The lowest BCUT2D eigenvalue weighted by Crippen LogP contribution is -2.27. The highest BCUT2D eigenvalue weighted by Crippen LogP contribution is 2.25. The molecule has 4 heteroatoms. The topological polar surface area (TPSA) is 38.0 Å². The first-order chi connectivity index (χ1) is 6.67. The minimum atomic E-state index is 0.121. The van der Waals surface area contributed by atoms with Gasteiger partial charge in [0.25, 0.3) is 0 Å². The van der Waals surface area contributed by atoms with Crippen molar-refractivity contribution >= 4 is 23.2 Å². The molecule has 14 heavy (non-hydrogen) atoms. The van der Waals surface area contributed by atoms with Gasteiger partial charge < -0.3 is 0 Å². The number of hydrogen-bond donors (Lipinski definition) is 2. The Labute approximate surface area is 94.4 Å². The second-order valence-electron chi connectivity index (χ2n) is 3.21. The Morgan fingerprint density at radius 1 is 1.29 bits per heavy atom. The van der Waals surface area contributed by atoms with Gasteiger partial charge in [0.15, 0.2) is 0 Å². The van der Waals surface area contributed by atoms with E-state index in [1.807, 2.05) is 12.1 Å². The molecule has 0 radical (unpaired) electrons. The number of halogens is 2. The molecule has 0 saturated carbocycles. The van der Waals surface area contributed by atoms with E-state index < -0.39 is 0 Å². The number of benzene rings is 1. The summed E-state index contributed by atoms with van der Waals surface area (Å²) in [4.78, 5) is 0. The monoisotopic (exact) mass is 232 g/mol. The van der Waals surface area contributed by atoms with E-state index in [2.05, 4.69) is 12.3 Å². The van der Waals surface area contributed by atoms with Crippen LogP contribution in [0, 0.1) is 0 Å². The molecule has 1 unspecified atom stereocenters. The molecule has 0 aromatic heterocycles. The zero-order valence-electron chi connectivity index (χ0n) is 8.06. The average molecular weight is 233 g/mol. The third-order valence-electron chi connectivity index (χ3n) is 2.07. The number of hydrazine groups is 1. The van der Waals surface area contributed by atoms with Gasteiger partial charge in [0.1, 0.15) is 0 Å². The highest BCUT2D eigenvalue weighted by molar-refractivity contribution is 6.34. The Bertz CT molecular complexity index is 282. The van der Waals surface area contributed by atoms with Crippen molar-refractivity contribution in [1.29, 1.82) is 0 Å². The molecular weight excluding hydrogens is 219 g/mol. The smallest absolute Gasteiger partial charge is 0.0460 e. The summed E-state index contributed by atoms with van der Waals surface area (Å²) in [5.41, 5.74) is 3.79. The second kappa shape index (κ2) is 5.56. The molecule has 3 N–H and O–H groups in total. The van der Waals surface area contributed by atoms with E-state index in [9.17, 15) is 0 Å². The van der Waals surface area contributed by atoms with Crippen molar-refractivity contribution in [1.82, 2.24) is 5.43 Å². The van der Waals surface area contributed by atoms with E-state index in [1.54, 1.807) is 6.07 Å². The Morgan fingerprint density at radius 2 is 1.86 bits per heavy atom. The van der Waals surface area contributed by atoms with Gasteiger partial charge in [0.2, 0.25) is 0 Å². The largest absolute Gasteiger partial charge is 0.271 e. The second-order valence-corrected chi connectivity index (χ2v) is 4.08. The van der Waals surface area contributed by atoms with Crippen LogP contribution in [0.25, 0.3) is 0 Å². The van der Waals surface area contributed by atoms with Gasteiger partial charge in [0, 0.05) is 16.1 Å². The first-order valence-electron chi connectivity index (χ1n) is 4.59. The van der Waals surface area contributed by atoms with Crippen molar-refractivity contribution in [3.63, 3.8) is 0 Å². The Kier molecular flexibility index (Phi) is 4.69. The minimum absolute atomic E-state index is 0.121. The average Bonchev–Trinajstić information content (AvgIpc) is 2.12. The van der Waals surface area contributed by atoms with Gasteiger partial charge in [-0.05, 0) is 30.2 Å². The first kappa shape index (κ1) is 11.8. The number of rotatable bonds is 4. The van der Waals surface area contributed by atoms with Gasteiger partial charge >= 0.3 is 0 Å². The number of nitrogens with one attached hydrogen (secondary N) is 1. The summed E-state index contributed by atoms with van der Waals surface area (Å²) in [5, 5.41) is 1.28. The molecule has 1 atom stereocenters. The molecule has 1 rings (SSSR count). The molecule has 1 aromatic rings. The van der Waals surface area contributed by atoms with E-state index in [4.69, 9.17) is 29.0 Å². The van der Waals surface area contributed by atoms with Crippen LogP contribution in [-0.4, -0.2) is 0 Å². The molecule has 0 saturated heterocycles. The molecule has 0 aliphatic rings. The predicted octanol–water partition coefficient (Wildman–Crippen LogP) is 3.30. The van der Waals surface area contributed by atoms with Crippen LogP contribution < -0.4 is 11.3 Å². The molecule has 0 amide bonds. The van der Waals surface area contributed by atoms with Crippen LogP contribution in [0.1, 0.15) is 31.4 Å². The molecule has 0 bridgehead atoms. The standard InChI is InChI=1S/C10H14Cl2N2/c1-2-3-10(14-13)7-4-8(11)6-9(12)5-7/h4-6,10,14H,2-3,13H2,1H3.